The van der Waals surface area contributed by atoms with E-state index < -0.39 is 4.92 Å². The van der Waals surface area contributed by atoms with Crippen molar-refractivity contribution in [2.24, 2.45) is 0 Å². The van der Waals surface area contributed by atoms with Crippen molar-refractivity contribution < 1.29 is 14.5 Å². The van der Waals surface area contributed by atoms with E-state index in [1.165, 1.54) is 30.0 Å². The minimum atomic E-state index is -0.510. The summed E-state index contributed by atoms with van der Waals surface area (Å²) < 4.78 is 0. The van der Waals surface area contributed by atoms with E-state index >= 15 is 0 Å². The minimum Gasteiger partial charge on any atom is -0.288 e. The molecule has 0 unspecified atom stereocenters. The van der Waals surface area contributed by atoms with Crippen LogP contribution in [0, 0.1) is 10.1 Å². The molecule has 3 aromatic rings. The SMILES string of the molecule is O=C1C(=Cc2cc([N+](=O)[O-])ccc2Sc2ccccn2)C(=O)c2ccccc21. The molecule has 4 rings (SSSR count). The second-order valence-electron chi connectivity index (χ2n) is 6.01. The molecule has 0 saturated heterocycles. The number of Topliss-reactive ketones (excluding diaryl/α,β-unsaturated/α-hetero) is 2. The molecule has 136 valence electrons. The van der Waals surface area contributed by atoms with E-state index in [0.717, 1.165) is 0 Å². The lowest BCUT2D eigenvalue weighted by atomic mass is 10.1. The number of carbonyl (C=O) groups excluding carboxylic acids is 2. The Bertz CT molecular complexity index is 1120. The molecule has 1 aliphatic carbocycles. The number of nitrogens with zero attached hydrogens (tertiary/aromatic N) is 2. The molecule has 0 aliphatic heterocycles. The van der Waals surface area contributed by atoms with E-state index in [-0.39, 0.29) is 22.8 Å². The lowest BCUT2D eigenvalue weighted by molar-refractivity contribution is -0.384. The number of allylic oxidation sites excluding steroid dienone is 1. The number of pyridine rings is 1. The second kappa shape index (κ2) is 7.21. The number of carbonyl (C=O) groups is 2. The summed E-state index contributed by atoms with van der Waals surface area (Å²) in [5.74, 6) is -0.748. The van der Waals surface area contributed by atoms with Gasteiger partial charge < -0.3 is 0 Å². The Hall–Kier alpha value is -3.58. The monoisotopic (exact) mass is 388 g/mol. The molecule has 1 aliphatic rings. The van der Waals surface area contributed by atoms with Crippen LogP contribution in [0.1, 0.15) is 26.3 Å². The van der Waals surface area contributed by atoms with Gasteiger partial charge in [0, 0.05) is 34.4 Å². The molecule has 0 N–H and O–H groups in total. The van der Waals surface area contributed by atoms with E-state index in [1.54, 1.807) is 42.6 Å². The first-order chi connectivity index (χ1) is 13.5. The van der Waals surface area contributed by atoms with Crippen molar-refractivity contribution in [2.75, 3.05) is 0 Å². The molecular formula is C21H12N2O4S. The third-order valence-electron chi connectivity index (χ3n) is 4.26. The molecule has 0 atom stereocenters. The van der Waals surface area contributed by atoms with Gasteiger partial charge >= 0.3 is 0 Å². The summed E-state index contributed by atoms with van der Waals surface area (Å²) in [5, 5.41) is 11.9. The summed E-state index contributed by atoms with van der Waals surface area (Å²) in [5.41, 5.74) is 1.01. The quantitative estimate of drug-likeness (QED) is 0.281. The predicted molar refractivity (Wildman–Crippen MR) is 105 cm³/mol. The zero-order valence-electron chi connectivity index (χ0n) is 14.4. The van der Waals surface area contributed by atoms with Gasteiger partial charge in [-0.1, -0.05) is 42.1 Å². The highest BCUT2D eigenvalue weighted by atomic mass is 32.2. The van der Waals surface area contributed by atoms with Crippen LogP contribution in [0.2, 0.25) is 0 Å². The predicted octanol–water partition coefficient (Wildman–Crippen LogP) is 4.60. The molecule has 28 heavy (non-hydrogen) atoms. The fourth-order valence-electron chi connectivity index (χ4n) is 2.93. The number of non-ortho nitro benzene ring substituents is 1. The maximum Gasteiger partial charge on any atom is 0.270 e. The molecule has 0 bridgehead atoms. The first kappa shape index (κ1) is 17.8. The second-order valence-corrected chi connectivity index (χ2v) is 7.07. The van der Waals surface area contributed by atoms with Gasteiger partial charge in [0.1, 0.15) is 5.03 Å². The Balaban J connectivity index is 1.81. The molecular weight excluding hydrogens is 376 g/mol. The topological polar surface area (TPSA) is 90.2 Å². The molecule has 1 heterocycles. The standard InChI is InChI=1S/C21H12N2O4S/c24-20-15-5-1-2-6-16(15)21(25)17(20)12-13-11-14(23(26)27)8-9-18(13)28-19-7-3-4-10-22-19/h1-12H. The zero-order chi connectivity index (χ0) is 19.7. The number of ketones is 2. The van der Waals surface area contributed by atoms with E-state index in [2.05, 4.69) is 4.98 Å². The molecule has 0 spiro atoms. The highest BCUT2D eigenvalue weighted by molar-refractivity contribution is 7.99. The van der Waals surface area contributed by atoms with Crippen LogP contribution >= 0.6 is 11.8 Å². The lowest BCUT2D eigenvalue weighted by Gasteiger charge is -2.06. The van der Waals surface area contributed by atoms with E-state index in [9.17, 15) is 19.7 Å². The van der Waals surface area contributed by atoms with Crippen LogP contribution < -0.4 is 0 Å². The van der Waals surface area contributed by atoms with E-state index in [4.69, 9.17) is 0 Å². The van der Waals surface area contributed by atoms with Gasteiger partial charge in [-0.25, -0.2) is 4.98 Å². The zero-order valence-corrected chi connectivity index (χ0v) is 15.2. The van der Waals surface area contributed by atoms with Crippen molar-refractivity contribution in [1.82, 2.24) is 4.98 Å². The average molecular weight is 388 g/mol. The van der Waals surface area contributed by atoms with Crippen molar-refractivity contribution in [3.8, 4) is 0 Å². The number of rotatable bonds is 4. The van der Waals surface area contributed by atoms with Crippen molar-refractivity contribution in [3.63, 3.8) is 0 Å². The highest BCUT2D eigenvalue weighted by Gasteiger charge is 2.32. The van der Waals surface area contributed by atoms with Gasteiger partial charge in [0.05, 0.1) is 10.5 Å². The maximum absolute atomic E-state index is 12.7. The van der Waals surface area contributed by atoms with E-state index in [1.807, 2.05) is 12.1 Å². The van der Waals surface area contributed by atoms with Crippen molar-refractivity contribution >= 4 is 35.1 Å². The fraction of sp³-hybridized carbons (Fsp3) is 0. The Morgan fingerprint density at radius 1 is 0.929 bits per heavy atom. The Kier molecular flexibility index (Phi) is 4.58. The number of hydrogen-bond acceptors (Lipinski definition) is 6. The number of nitro benzene ring substituents is 1. The third kappa shape index (κ3) is 3.23. The number of aromatic nitrogens is 1. The van der Waals surface area contributed by atoms with Crippen molar-refractivity contribution in [3.05, 3.63) is 99.2 Å². The van der Waals surface area contributed by atoms with Crippen LogP contribution in [-0.4, -0.2) is 21.5 Å². The van der Waals surface area contributed by atoms with Gasteiger partial charge in [0.25, 0.3) is 5.69 Å². The van der Waals surface area contributed by atoms with Gasteiger partial charge in [-0.3, -0.25) is 19.7 Å². The van der Waals surface area contributed by atoms with Crippen LogP contribution in [0.25, 0.3) is 6.08 Å². The maximum atomic E-state index is 12.7. The van der Waals surface area contributed by atoms with Gasteiger partial charge in [0.15, 0.2) is 11.6 Å². The lowest BCUT2D eigenvalue weighted by Crippen LogP contribution is -2.01. The Labute approximate surface area is 164 Å². The fourth-order valence-corrected chi connectivity index (χ4v) is 3.79. The van der Waals surface area contributed by atoms with Gasteiger partial charge in [-0.05, 0) is 29.8 Å². The molecule has 7 heteroatoms. The van der Waals surface area contributed by atoms with Gasteiger partial charge in [-0.15, -0.1) is 0 Å². The van der Waals surface area contributed by atoms with Gasteiger partial charge in [0.2, 0.25) is 0 Å². The van der Waals surface area contributed by atoms with Crippen molar-refractivity contribution in [2.45, 2.75) is 9.92 Å². The van der Waals surface area contributed by atoms with Gasteiger partial charge in [-0.2, -0.15) is 0 Å². The summed E-state index contributed by atoms with van der Waals surface area (Å²) in [6.45, 7) is 0. The normalized spacial score (nSPS) is 12.8. The summed E-state index contributed by atoms with van der Waals surface area (Å²) in [7, 11) is 0. The van der Waals surface area contributed by atoms with Crippen LogP contribution in [0.3, 0.4) is 0 Å². The third-order valence-corrected chi connectivity index (χ3v) is 5.30. The van der Waals surface area contributed by atoms with E-state index in [0.29, 0.717) is 26.6 Å². The Morgan fingerprint density at radius 2 is 1.61 bits per heavy atom. The molecule has 0 fully saturated rings. The molecule has 1 aromatic heterocycles. The highest BCUT2D eigenvalue weighted by Crippen LogP contribution is 2.35. The summed E-state index contributed by atoms with van der Waals surface area (Å²) in [6, 6.07) is 16.4. The van der Waals surface area contributed by atoms with Crippen LogP contribution in [0.15, 0.2) is 82.4 Å². The molecule has 0 radical (unpaired) electrons. The number of hydrogen-bond donors (Lipinski definition) is 0. The minimum absolute atomic E-state index is 0.00423. The number of fused-ring (bicyclic) bond motifs is 1. The molecule has 0 amide bonds. The summed E-state index contributed by atoms with van der Waals surface area (Å²) >= 11 is 1.30. The molecule has 2 aromatic carbocycles. The first-order valence-corrected chi connectivity index (χ1v) is 9.13. The summed E-state index contributed by atoms with van der Waals surface area (Å²) in [6.07, 6.45) is 3.08. The average Bonchev–Trinajstić information content (AvgIpc) is 2.95. The smallest absolute Gasteiger partial charge is 0.270 e. The molecule has 0 saturated carbocycles. The number of benzene rings is 2. The number of nitro groups is 1. The van der Waals surface area contributed by atoms with Crippen molar-refractivity contribution in [1.29, 1.82) is 0 Å². The van der Waals surface area contributed by atoms with Crippen LogP contribution in [-0.2, 0) is 0 Å². The van der Waals surface area contributed by atoms with Crippen LogP contribution in [0.5, 0.6) is 0 Å². The summed E-state index contributed by atoms with van der Waals surface area (Å²) in [4.78, 5) is 40.9. The first-order valence-electron chi connectivity index (χ1n) is 8.32. The van der Waals surface area contributed by atoms with Crippen LogP contribution in [0.4, 0.5) is 5.69 Å². The largest absolute Gasteiger partial charge is 0.288 e. The Morgan fingerprint density at radius 3 is 2.21 bits per heavy atom. The molecule has 6 nitrogen and oxygen atoms in total.